The average Bonchev–Trinajstić information content (AvgIpc) is 2.54. The number of hydrogen-bond donors (Lipinski definition) is 3. The molecule has 5 heteroatoms. The largest absolute Gasteiger partial charge is 0.394 e. The zero-order valence-corrected chi connectivity index (χ0v) is 13.8. The van der Waals surface area contributed by atoms with Crippen LogP contribution in [0.5, 0.6) is 0 Å². The van der Waals surface area contributed by atoms with Crippen LogP contribution in [0, 0.1) is 0 Å². The van der Waals surface area contributed by atoms with E-state index < -0.39 is 0 Å². The van der Waals surface area contributed by atoms with Gasteiger partial charge in [0.15, 0.2) is 0 Å². The first kappa shape index (κ1) is 17.5. The molecule has 0 saturated carbocycles. The SMILES string of the molecule is CC(CC(=O)Nc1ccccc1)NC(CO)c1ccc(Cl)cc1. The van der Waals surface area contributed by atoms with Crippen LogP contribution in [0.25, 0.3) is 0 Å². The standard InChI is InChI=1S/C18H21ClN2O2/c1-13(11-18(23)21-16-5-3-2-4-6-16)20-17(12-22)14-7-9-15(19)10-8-14/h2-10,13,17,20,22H,11-12H2,1H3,(H,21,23). The fourth-order valence-corrected chi connectivity index (χ4v) is 2.49. The van der Waals surface area contributed by atoms with Crippen LogP contribution in [0.2, 0.25) is 5.02 Å². The van der Waals surface area contributed by atoms with Gasteiger partial charge in [0.1, 0.15) is 0 Å². The predicted octanol–water partition coefficient (Wildman–Crippen LogP) is 3.38. The van der Waals surface area contributed by atoms with Crippen LogP contribution in [0.3, 0.4) is 0 Å². The van der Waals surface area contributed by atoms with E-state index in [-0.39, 0.29) is 24.6 Å². The maximum Gasteiger partial charge on any atom is 0.225 e. The lowest BCUT2D eigenvalue weighted by Crippen LogP contribution is -2.35. The summed E-state index contributed by atoms with van der Waals surface area (Å²) in [5.74, 6) is -0.0657. The zero-order valence-electron chi connectivity index (χ0n) is 13.0. The highest BCUT2D eigenvalue weighted by Crippen LogP contribution is 2.17. The summed E-state index contributed by atoms with van der Waals surface area (Å²) in [4.78, 5) is 12.0. The van der Waals surface area contributed by atoms with Gasteiger partial charge in [0.2, 0.25) is 5.91 Å². The summed E-state index contributed by atoms with van der Waals surface area (Å²) >= 11 is 5.88. The second kappa shape index (κ2) is 8.67. The molecule has 0 saturated heterocycles. The number of rotatable bonds is 7. The minimum Gasteiger partial charge on any atom is -0.394 e. The molecule has 1 amide bonds. The Kier molecular flexibility index (Phi) is 6.59. The van der Waals surface area contributed by atoms with Crippen molar-refractivity contribution >= 4 is 23.2 Å². The predicted molar refractivity (Wildman–Crippen MR) is 93.6 cm³/mol. The first-order valence-corrected chi connectivity index (χ1v) is 7.93. The van der Waals surface area contributed by atoms with Crippen molar-refractivity contribution < 1.29 is 9.90 Å². The van der Waals surface area contributed by atoms with E-state index >= 15 is 0 Å². The van der Waals surface area contributed by atoms with Gasteiger partial charge in [-0.1, -0.05) is 41.9 Å². The quantitative estimate of drug-likeness (QED) is 0.728. The fourth-order valence-electron chi connectivity index (χ4n) is 2.36. The van der Waals surface area contributed by atoms with Gasteiger partial charge in [-0.25, -0.2) is 0 Å². The van der Waals surface area contributed by atoms with E-state index in [9.17, 15) is 9.90 Å². The Labute approximate surface area is 141 Å². The summed E-state index contributed by atoms with van der Waals surface area (Å²) in [6.45, 7) is 1.87. The smallest absolute Gasteiger partial charge is 0.225 e. The summed E-state index contributed by atoms with van der Waals surface area (Å²) in [5, 5.41) is 16.3. The lowest BCUT2D eigenvalue weighted by Gasteiger charge is -2.22. The summed E-state index contributed by atoms with van der Waals surface area (Å²) < 4.78 is 0. The molecule has 3 N–H and O–H groups in total. The molecule has 23 heavy (non-hydrogen) atoms. The molecule has 2 rings (SSSR count). The lowest BCUT2D eigenvalue weighted by atomic mass is 10.1. The maximum atomic E-state index is 12.0. The monoisotopic (exact) mass is 332 g/mol. The number of anilines is 1. The molecule has 2 unspecified atom stereocenters. The molecule has 2 atom stereocenters. The highest BCUT2D eigenvalue weighted by molar-refractivity contribution is 6.30. The molecule has 0 aliphatic rings. The normalized spacial score (nSPS) is 13.3. The first-order chi connectivity index (χ1) is 11.1. The van der Waals surface area contributed by atoms with Crippen LogP contribution in [-0.4, -0.2) is 23.7 Å². The summed E-state index contributed by atoms with van der Waals surface area (Å²) in [6, 6.07) is 16.3. The van der Waals surface area contributed by atoms with Gasteiger partial charge in [0.05, 0.1) is 12.6 Å². The number of halogens is 1. The van der Waals surface area contributed by atoms with Gasteiger partial charge in [0.25, 0.3) is 0 Å². The van der Waals surface area contributed by atoms with E-state index in [4.69, 9.17) is 11.6 Å². The number of amides is 1. The van der Waals surface area contributed by atoms with Gasteiger partial charge in [0, 0.05) is 23.2 Å². The molecule has 0 aromatic heterocycles. The highest BCUT2D eigenvalue weighted by Gasteiger charge is 2.16. The van der Waals surface area contributed by atoms with Crippen molar-refractivity contribution in [3.63, 3.8) is 0 Å². The number of benzene rings is 2. The van der Waals surface area contributed by atoms with Crippen LogP contribution in [-0.2, 0) is 4.79 Å². The van der Waals surface area contributed by atoms with Crippen molar-refractivity contribution in [3.8, 4) is 0 Å². The van der Waals surface area contributed by atoms with E-state index in [1.54, 1.807) is 12.1 Å². The molecule has 0 aliphatic heterocycles. The van der Waals surface area contributed by atoms with Gasteiger partial charge in [-0.3, -0.25) is 4.79 Å². The van der Waals surface area contributed by atoms with E-state index in [0.717, 1.165) is 11.3 Å². The Morgan fingerprint density at radius 3 is 2.39 bits per heavy atom. The summed E-state index contributed by atoms with van der Waals surface area (Å²) in [6.07, 6.45) is 0.318. The number of hydrogen-bond acceptors (Lipinski definition) is 3. The number of carbonyl (C=O) groups excluding carboxylic acids is 1. The van der Waals surface area contributed by atoms with Crippen molar-refractivity contribution in [1.82, 2.24) is 5.32 Å². The molecule has 2 aromatic rings. The Morgan fingerprint density at radius 2 is 1.78 bits per heavy atom. The second-order valence-electron chi connectivity index (χ2n) is 5.47. The molecule has 0 radical (unpaired) electrons. The first-order valence-electron chi connectivity index (χ1n) is 7.55. The van der Waals surface area contributed by atoms with E-state index in [1.807, 2.05) is 49.4 Å². The Hall–Kier alpha value is -1.88. The van der Waals surface area contributed by atoms with Crippen molar-refractivity contribution in [1.29, 1.82) is 0 Å². The van der Waals surface area contributed by atoms with Crippen LogP contribution >= 0.6 is 11.6 Å². The number of carbonyl (C=O) groups is 1. The fraction of sp³-hybridized carbons (Fsp3) is 0.278. The molecular weight excluding hydrogens is 312 g/mol. The minimum atomic E-state index is -0.230. The van der Waals surface area contributed by atoms with Crippen molar-refractivity contribution in [3.05, 3.63) is 65.2 Å². The minimum absolute atomic E-state index is 0.0493. The second-order valence-corrected chi connectivity index (χ2v) is 5.91. The molecule has 0 aliphatic carbocycles. The molecule has 0 bridgehead atoms. The molecule has 122 valence electrons. The Balaban J connectivity index is 1.88. The Morgan fingerprint density at radius 1 is 1.13 bits per heavy atom. The molecule has 0 fully saturated rings. The van der Waals surface area contributed by atoms with E-state index in [1.165, 1.54) is 0 Å². The zero-order chi connectivity index (χ0) is 16.7. The Bertz CT molecular complexity index is 617. The number of aliphatic hydroxyl groups excluding tert-OH is 1. The maximum absolute atomic E-state index is 12.0. The van der Waals surface area contributed by atoms with Crippen LogP contribution in [0.1, 0.15) is 24.9 Å². The molecule has 0 spiro atoms. The average molecular weight is 333 g/mol. The summed E-state index contributed by atoms with van der Waals surface area (Å²) in [7, 11) is 0. The molecule has 2 aromatic carbocycles. The van der Waals surface area contributed by atoms with Gasteiger partial charge in [-0.2, -0.15) is 0 Å². The molecule has 0 heterocycles. The topological polar surface area (TPSA) is 61.4 Å². The molecule has 4 nitrogen and oxygen atoms in total. The third-order valence-electron chi connectivity index (χ3n) is 3.49. The lowest BCUT2D eigenvalue weighted by molar-refractivity contribution is -0.116. The van der Waals surface area contributed by atoms with E-state index in [2.05, 4.69) is 10.6 Å². The third kappa shape index (κ3) is 5.67. The number of para-hydroxylation sites is 1. The third-order valence-corrected chi connectivity index (χ3v) is 3.74. The number of aliphatic hydroxyl groups is 1. The van der Waals surface area contributed by atoms with Gasteiger partial charge >= 0.3 is 0 Å². The van der Waals surface area contributed by atoms with Gasteiger partial charge in [-0.05, 0) is 36.8 Å². The van der Waals surface area contributed by atoms with Crippen molar-refractivity contribution in [2.24, 2.45) is 0 Å². The van der Waals surface area contributed by atoms with Crippen molar-refractivity contribution in [2.45, 2.75) is 25.4 Å². The van der Waals surface area contributed by atoms with Crippen LogP contribution in [0.4, 0.5) is 5.69 Å². The van der Waals surface area contributed by atoms with Crippen molar-refractivity contribution in [2.75, 3.05) is 11.9 Å². The van der Waals surface area contributed by atoms with Crippen LogP contribution in [0.15, 0.2) is 54.6 Å². The van der Waals surface area contributed by atoms with E-state index in [0.29, 0.717) is 11.4 Å². The van der Waals surface area contributed by atoms with Crippen LogP contribution < -0.4 is 10.6 Å². The van der Waals surface area contributed by atoms with Gasteiger partial charge in [-0.15, -0.1) is 0 Å². The van der Waals surface area contributed by atoms with Gasteiger partial charge < -0.3 is 15.7 Å². The summed E-state index contributed by atoms with van der Waals surface area (Å²) in [5.41, 5.74) is 1.72. The highest BCUT2D eigenvalue weighted by atomic mass is 35.5. The molecular formula is C18H21ClN2O2. The number of nitrogens with one attached hydrogen (secondary N) is 2.